The molecule has 0 amide bonds. The molecule has 140 valence electrons. The summed E-state index contributed by atoms with van der Waals surface area (Å²) in [6.45, 7) is 4.73. The van der Waals surface area contributed by atoms with Gasteiger partial charge < -0.3 is 10.1 Å². The summed E-state index contributed by atoms with van der Waals surface area (Å²) in [6.07, 6.45) is 5.45. The second-order valence-electron chi connectivity index (χ2n) is 6.65. The minimum atomic E-state index is 0.191. The fraction of sp³-hybridized carbons (Fsp3) is 0.526. The van der Waals surface area contributed by atoms with Crippen molar-refractivity contribution in [2.75, 3.05) is 31.6 Å². The highest BCUT2D eigenvalue weighted by atomic mass is 16.5. The summed E-state index contributed by atoms with van der Waals surface area (Å²) in [5.74, 6) is 1.70. The van der Waals surface area contributed by atoms with Crippen LogP contribution in [0.15, 0.2) is 24.3 Å². The fourth-order valence-corrected chi connectivity index (χ4v) is 3.18. The molecule has 1 aliphatic heterocycles. The highest BCUT2D eigenvalue weighted by molar-refractivity contribution is 5.69. The quantitative estimate of drug-likeness (QED) is 0.549. The monoisotopic (exact) mass is 357 g/mol. The van der Waals surface area contributed by atoms with Gasteiger partial charge in [-0.2, -0.15) is 4.98 Å². The van der Waals surface area contributed by atoms with Crippen LogP contribution in [0.5, 0.6) is 5.75 Å². The van der Waals surface area contributed by atoms with E-state index in [0.29, 0.717) is 25.4 Å². The first-order chi connectivity index (χ1) is 12.7. The molecule has 0 spiro atoms. The van der Waals surface area contributed by atoms with Crippen LogP contribution in [0.3, 0.4) is 0 Å². The summed E-state index contributed by atoms with van der Waals surface area (Å²) in [5, 5.41) is 7.14. The largest absolute Gasteiger partial charge is 0.494 e. The SMILES string of the molecule is Cn1nc(C=O)nc1NCCCOc1cccc(CN2CCCCC2)c1. The summed E-state index contributed by atoms with van der Waals surface area (Å²) < 4.78 is 7.44. The number of nitrogens with zero attached hydrogens (tertiary/aromatic N) is 4. The highest BCUT2D eigenvalue weighted by Gasteiger charge is 2.10. The Morgan fingerprint density at radius 3 is 2.88 bits per heavy atom. The zero-order chi connectivity index (χ0) is 18.2. The van der Waals surface area contributed by atoms with Crippen molar-refractivity contribution in [3.63, 3.8) is 0 Å². The van der Waals surface area contributed by atoms with Crippen molar-refractivity contribution in [3.8, 4) is 5.75 Å². The third kappa shape index (κ3) is 5.29. The van der Waals surface area contributed by atoms with E-state index in [4.69, 9.17) is 4.74 Å². The number of carbonyl (C=O) groups excluding carboxylic acids is 1. The number of carbonyl (C=O) groups is 1. The van der Waals surface area contributed by atoms with Gasteiger partial charge in [-0.25, -0.2) is 4.68 Å². The van der Waals surface area contributed by atoms with Crippen LogP contribution in [-0.4, -0.2) is 52.2 Å². The summed E-state index contributed by atoms with van der Waals surface area (Å²) in [4.78, 5) is 17.3. The molecule has 1 fully saturated rings. The first-order valence-corrected chi connectivity index (χ1v) is 9.29. The molecule has 0 saturated carbocycles. The first kappa shape index (κ1) is 18.4. The molecule has 1 aromatic carbocycles. The number of aryl methyl sites for hydroxylation is 1. The Labute approximate surface area is 154 Å². The topological polar surface area (TPSA) is 72.3 Å². The Bertz CT molecular complexity index is 710. The van der Waals surface area contributed by atoms with Gasteiger partial charge in [-0.15, -0.1) is 5.10 Å². The number of anilines is 1. The van der Waals surface area contributed by atoms with Crippen LogP contribution in [0.25, 0.3) is 0 Å². The molecular weight excluding hydrogens is 330 g/mol. The van der Waals surface area contributed by atoms with Gasteiger partial charge in [0.05, 0.1) is 6.61 Å². The van der Waals surface area contributed by atoms with Crippen LogP contribution in [-0.2, 0) is 13.6 Å². The van der Waals surface area contributed by atoms with Crippen molar-refractivity contribution in [2.45, 2.75) is 32.2 Å². The van der Waals surface area contributed by atoms with E-state index in [0.717, 1.165) is 18.7 Å². The number of aldehydes is 1. The lowest BCUT2D eigenvalue weighted by Crippen LogP contribution is -2.29. The van der Waals surface area contributed by atoms with E-state index < -0.39 is 0 Å². The zero-order valence-corrected chi connectivity index (χ0v) is 15.4. The molecule has 0 unspecified atom stereocenters. The molecule has 2 heterocycles. The molecule has 3 rings (SSSR count). The number of nitrogens with one attached hydrogen (secondary N) is 1. The van der Waals surface area contributed by atoms with E-state index in [1.807, 2.05) is 6.07 Å². The predicted molar refractivity (Wildman–Crippen MR) is 101 cm³/mol. The minimum Gasteiger partial charge on any atom is -0.494 e. The second kappa shape index (κ2) is 9.33. The van der Waals surface area contributed by atoms with Crippen LogP contribution in [0.1, 0.15) is 41.9 Å². The second-order valence-corrected chi connectivity index (χ2v) is 6.65. The van der Waals surface area contributed by atoms with Gasteiger partial charge >= 0.3 is 0 Å². The Kier molecular flexibility index (Phi) is 6.60. The lowest BCUT2D eigenvalue weighted by Gasteiger charge is -2.26. The minimum absolute atomic E-state index is 0.191. The Morgan fingerprint density at radius 1 is 1.27 bits per heavy atom. The van der Waals surface area contributed by atoms with Crippen molar-refractivity contribution in [2.24, 2.45) is 7.05 Å². The number of hydrogen-bond donors (Lipinski definition) is 1. The Hall–Kier alpha value is -2.41. The molecule has 1 N–H and O–H groups in total. The smallest absolute Gasteiger partial charge is 0.221 e. The van der Waals surface area contributed by atoms with Crippen molar-refractivity contribution in [1.29, 1.82) is 0 Å². The van der Waals surface area contributed by atoms with E-state index in [1.165, 1.54) is 37.9 Å². The highest BCUT2D eigenvalue weighted by Crippen LogP contribution is 2.17. The number of ether oxygens (including phenoxy) is 1. The first-order valence-electron chi connectivity index (χ1n) is 9.29. The van der Waals surface area contributed by atoms with Crippen molar-refractivity contribution in [1.82, 2.24) is 19.7 Å². The Balaban J connectivity index is 1.39. The van der Waals surface area contributed by atoms with Gasteiger partial charge in [0.25, 0.3) is 0 Å². The maximum atomic E-state index is 10.7. The molecule has 26 heavy (non-hydrogen) atoms. The summed E-state index contributed by atoms with van der Waals surface area (Å²) in [6, 6.07) is 8.38. The van der Waals surface area contributed by atoms with E-state index in [2.05, 4.69) is 38.5 Å². The van der Waals surface area contributed by atoms with E-state index >= 15 is 0 Å². The number of rotatable bonds is 9. The fourth-order valence-electron chi connectivity index (χ4n) is 3.18. The van der Waals surface area contributed by atoms with Crippen molar-refractivity contribution in [3.05, 3.63) is 35.7 Å². The molecule has 2 aromatic rings. The average molecular weight is 357 g/mol. The normalized spacial score (nSPS) is 15.0. The van der Waals surface area contributed by atoms with Gasteiger partial charge in [-0.1, -0.05) is 18.6 Å². The van der Waals surface area contributed by atoms with Gasteiger partial charge in [-0.05, 0) is 50.0 Å². The summed E-state index contributed by atoms with van der Waals surface area (Å²) >= 11 is 0. The maximum absolute atomic E-state index is 10.7. The Morgan fingerprint density at radius 2 is 2.12 bits per heavy atom. The average Bonchev–Trinajstić information content (AvgIpc) is 3.03. The molecule has 1 aromatic heterocycles. The van der Waals surface area contributed by atoms with Gasteiger partial charge in [0.2, 0.25) is 11.8 Å². The summed E-state index contributed by atoms with van der Waals surface area (Å²) in [5.41, 5.74) is 1.31. The number of aromatic nitrogens is 3. The molecule has 7 heteroatoms. The van der Waals surface area contributed by atoms with Crippen molar-refractivity contribution >= 4 is 12.2 Å². The van der Waals surface area contributed by atoms with Gasteiger partial charge in [0.15, 0.2) is 6.29 Å². The molecule has 0 aliphatic carbocycles. The van der Waals surface area contributed by atoms with Gasteiger partial charge in [-0.3, -0.25) is 9.69 Å². The molecule has 1 saturated heterocycles. The van der Waals surface area contributed by atoms with Crippen LogP contribution in [0, 0.1) is 0 Å². The molecule has 0 bridgehead atoms. The molecule has 1 aliphatic rings. The van der Waals surface area contributed by atoms with E-state index in [9.17, 15) is 4.79 Å². The van der Waals surface area contributed by atoms with Crippen LogP contribution < -0.4 is 10.1 Å². The molecular formula is C19H27N5O2. The number of likely N-dealkylation sites (tertiary alicyclic amines) is 1. The third-order valence-corrected chi connectivity index (χ3v) is 4.51. The van der Waals surface area contributed by atoms with E-state index in [-0.39, 0.29) is 5.82 Å². The zero-order valence-electron chi connectivity index (χ0n) is 15.4. The number of piperidine rings is 1. The lowest BCUT2D eigenvalue weighted by molar-refractivity contribution is 0.111. The lowest BCUT2D eigenvalue weighted by atomic mass is 10.1. The number of hydrogen-bond acceptors (Lipinski definition) is 6. The standard InChI is InChI=1S/C19H27N5O2/c1-23-19(21-18(15-25)22-23)20-9-6-12-26-17-8-5-7-16(13-17)14-24-10-3-2-4-11-24/h5,7-8,13,15H,2-4,6,9-12,14H2,1H3,(H,20,21,22). The van der Waals surface area contributed by atoms with E-state index in [1.54, 1.807) is 11.7 Å². The molecule has 7 nitrogen and oxygen atoms in total. The molecule has 0 radical (unpaired) electrons. The third-order valence-electron chi connectivity index (χ3n) is 4.51. The van der Waals surface area contributed by atoms with Crippen LogP contribution in [0.2, 0.25) is 0 Å². The van der Waals surface area contributed by atoms with Crippen molar-refractivity contribution < 1.29 is 9.53 Å². The predicted octanol–water partition coefficient (Wildman–Crippen LogP) is 2.49. The number of benzene rings is 1. The van der Waals surface area contributed by atoms with Gasteiger partial charge in [0, 0.05) is 20.1 Å². The molecule has 0 atom stereocenters. The summed E-state index contributed by atoms with van der Waals surface area (Å²) in [7, 11) is 1.76. The van der Waals surface area contributed by atoms with Gasteiger partial charge in [0.1, 0.15) is 5.75 Å². The maximum Gasteiger partial charge on any atom is 0.221 e. The van der Waals surface area contributed by atoms with Crippen LogP contribution >= 0.6 is 0 Å². The van der Waals surface area contributed by atoms with Crippen LogP contribution in [0.4, 0.5) is 5.95 Å².